The number of benzene rings is 1. The van der Waals surface area contributed by atoms with Gasteiger partial charge in [0.05, 0.1) is 0 Å². The Labute approximate surface area is 96.4 Å². The lowest BCUT2D eigenvalue weighted by molar-refractivity contribution is -0.543. The summed E-state index contributed by atoms with van der Waals surface area (Å²) >= 11 is 0. The lowest BCUT2D eigenvalue weighted by Crippen LogP contribution is -2.30. The molecule has 0 aliphatic heterocycles. The molecule has 0 amide bonds. The van der Waals surface area contributed by atoms with Gasteiger partial charge in [-0.15, -0.1) is 0 Å². The molecule has 1 rings (SSSR count). The first-order valence-corrected chi connectivity index (χ1v) is 4.93. The molecule has 0 unspecified atom stereocenters. The Morgan fingerprint density at radius 2 is 1.88 bits per heavy atom. The smallest absolute Gasteiger partial charge is 0.223 e. The zero-order valence-corrected chi connectivity index (χ0v) is 9.08. The highest BCUT2D eigenvalue weighted by Crippen LogP contribution is 2.24. The molecule has 92 valence electrons. The summed E-state index contributed by atoms with van der Waals surface area (Å²) in [6.07, 6.45) is 0. The lowest BCUT2D eigenvalue weighted by atomic mass is 9.92. The second kappa shape index (κ2) is 5.33. The summed E-state index contributed by atoms with van der Waals surface area (Å²) in [7, 11) is 0. The highest BCUT2D eigenvalue weighted by atomic mass is 19.1. The van der Waals surface area contributed by atoms with Crippen LogP contribution >= 0.6 is 0 Å². The highest BCUT2D eigenvalue weighted by molar-refractivity contribution is 5.22. The summed E-state index contributed by atoms with van der Waals surface area (Å²) in [6, 6.07) is 4.19. The molecule has 0 radical (unpaired) electrons. The van der Waals surface area contributed by atoms with Crippen molar-refractivity contribution < 1.29 is 14.2 Å². The van der Waals surface area contributed by atoms with E-state index in [4.69, 9.17) is 0 Å². The first-order valence-electron chi connectivity index (χ1n) is 4.93. The minimum absolute atomic E-state index is 0.00778. The van der Waals surface area contributed by atoms with E-state index in [1.54, 1.807) is 0 Å². The third-order valence-electron chi connectivity index (χ3n) is 2.57. The van der Waals surface area contributed by atoms with E-state index >= 15 is 0 Å². The van der Waals surface area contributed by atoms with Crippen LogP contribution in [0.4, 0.5) is 4.39 Å². The molecule has 17 heavy (non-hydrogen) atoms. The van der Waals surface area contributed by atoms with Gasteiger partial charge < -0.3 is 0 Å². The molecule has 0 bridgehead atoms. The number of hydrogen-bond donors (Lipinski definition) is 0. The zero-order chi connectivity index (χ0) is 13.0. The van der Waals surface area contributed by atoms with Crippen LogP contribution in [0.1, 0.15) is 18.4 Å². The maximum Gasteiger partial charge on any atom is 0.223 e. The molecule has 0 saturated carbocycles. The number of nitrogens with zero attached hydrogens (tertiary/aromatic N) is 2. The minimum atomic E-state index is -1.21. The predicted octanol–water partition coefficient (Wildman–Crippen LogP) is 1.85. The zero-order valence-electron chi connectivity index (χ0n) is 9.08. The normalized spacial score (nSPS) is 14.0. The summed E-state index contributed by atoms with van der Waals surface area (Å²) in [5.41, 5.74) is 0.00778. The summed E-state index contributed by atoms with van der Waals surface area (Å²) in [5.74, 6) is -1.73. The largest absolute Gasteiger partial charge is 0.265 e. The van der Waals surface area contributed by atoms with Gasteiger partial charge in [-0.05, 0) is 6.07 Å². The highest BCUT2D eigenvalue weighted by Gasteiger charge is 2.34. The molecule has 0 N–H and O–H groups in total. The average Bonchev–Trinajstić information content (AvgIpc) is 2.25. The second-order valence-corrected chi connectivity index (χ2v) is 3.67. The van der Waals surface area contributed by atoms with Gasteiger partial charge in [0.15, 0.2) is 0 Å². The van der Waals surface area contributed by atoms with Gasteiger partial charge in [0.25, 0.3) is 0 Å². The van der Waals surface area contributed by atoms with Gasteiger partial charge in [0.1, 0.15) is 11.7 Å². The Hall–Kier alpha value is -2.05. The molecule has 0 saturated heterocycles. The van der Waals surface area contributed by atoms with Crippen LogP contribution in [0.25, 0.3) is 0 Å². The SMILES string of the molecule is C[C@@H]([C@H](C[N+](=O)[O-])c1ccccc1F)[N+](=O)[O-]. The molecule has 0 fully saturated rings. The Morgan fingerprint density at radius 1 is 1.29 bits per heavy atom. The second-order valence-electron chi connectivity index (χ2n) is 3.67. The summed E-state index contributed by atoms with van der Waals surface area (Å²) in [6.45, 7) is 0.573. The number of hydrogen-bond acceptors (Lipinski definition) is 4. The van der Waals surface area contributed by atoms with Gasteiger partial charge in [0, 0.05) is 22.3 Å². The maximum absolute atomic E-state index is 13.5. The van der Waals surface area contributed by atoms with Crippen molar-refractivity contribution in [3.8, 4) is 0 Å². The molecule has 0 aliphatic rings. The van der Waals surface area contributed by atoms with Crippen LogP contribution in [0.2, 0.25) is 0 Å². The van der Waals surface area contributed by atoms with E-state index in [9.17, 15) is 24.6 Å². The van der Waals surface area contributed by atoms with Gasteiger partial charge in [-0.1, -0.05) is 18.2 Å². The van der Waals surface area contributed by atoms with Gasteiger partial charge in [-0.25, -0.2) is 4.39 Å². The van der Waals surface area contributed by atoms with E-state index in [-0.39, 0.29) is 5.56 Å². The van der Waals surface area contributed by atoms with E-state index in [1.165, 1.54) is 25.1 Å². The molecule has 6 nitrogen and oxygen atoms in total. The molecule has 1 aromatic rings. The number of rotatable bonds is 5. The number of halogens is 1. The van der Waals surface area contributed by atoms with Crippen LogP contribution in [-0.2, 0) is 0 Å². The van der Waals surface area contributed by atoms with Crippen LogP contribution in [-0.4, -0.2) is 22.4 Å². The van der Waals surface area contributed by atoms with Crippen molar-refractivity contribution >= 4 is 0 Å². The Morgan fingerprint density at radius 3 is 2.35 bits per heavy atom. The van der Waals surface area contributed by atoms with E-state index in [0.717, 1.165) is 6.07 Å². The third-order valence-corrected chi connectivity index (χ3v) is 2.57. The summed E-state index contributed by atoms with van der Waals surface area (Å²) < 4.78 is 13.5. The first-order chi connectivity index (χ1) is 7.93. The number of nitro groups is 2. The van der Waals surface area contributed by atoms with Crippen molar-refractivity contribution in [2.45, 2.75) is 18.9 Å². The van der Waals surface area contributed by atoms with Gasteiger partial charge >= 0.3 is 0 Å². The molecular formula is C10H11FN2O4. The van der Waals surface area contributed by atoms with E-state index in [2.05, 4.69) is 0 Å². The van der Waals surface area contributed by atoms with Crippen LogP contribution in [0.5, 0.6) is 0 Å². The molecule has 0 aromatic heterocycles. The topological polar surface area (TPSA) is 86.3 Å². The fourth-order valence-electron chi connectivity index (χ4n) is 1.59. The van der Waals surface area contributed by atoms with Crippen LogP contribution in [0.3, 0.4) is 0 Å². The minimum Gasteiger partial charge on any atom is -0.265 e. The van der Waals surface area contributed by atoms with E-state index in [0.29, 0.717) is 0 Å². The van der Waals surface area contributed by atoms with Crippen molar-refractivity contribution in [2.24, 2.45) is 0 Å². The summed E-state index contributed by atoms with van der Waals surface area (Å²) in [5, 5.41) is 21.1. The molecule has 0 spiro atoms. The fraction of sp³-hybridized carbons (Fsp3) is 0.400. The van der Waals surface area contributed by atoms with E-state index < -0.39 is 34.2 Å². The monoisotopic (exact) mass is 242 g/mol. The lowest BCUT2D eigenvalue weighted by Gasteiger charge is -2.15. The van der Waals surface area contributed by atoms with Crippen molar-refractivity contribution in [2.75, 3.05) is 6.54 Å². The van der Waals surface area contributed by atoms with Gasteiger partial charge in [-0.3, -0.25) is 20.2 Å². The van der Waals surface area contributed by atoms with Gasteiger partial charge in [-0.2, -0.15) is 0 Å². The third kappa shape index (κ3) is 3.20. The van der Waals surface area contributed by atoms with Crippen LogP contribution in [0, 0.1) is 26.0 Å². The standard InChI is InChI=1S/C10H11FN2O4/c1-7(13(16)17)9(6-12(14)15)8-4-2-3-5-10(8)11/h2-5,7,9H,6H2,1H3/t7-,9-/m0/s1. The van der Waals surface area contributed by atoms with Crippen molar-refractivity contribution in [3.63, 3.8) is 0 Å². The maximum atomic E-state index is 13.5. The van der Waals surface area contributed by atoms with Crippen molar-refractivity contribution in [1.29, 1.82) is 0 Å². The average molecular weight is 242 g/mol. The molecule has 0 heterocycles. The Balaban J connectivity index is 3.10. The molecule has 0 aliphatic carbocycles. The van der Waals surface area contributed by atoms with Crippen molar-refractivity contribution in [3.05, 3.63) is 55.9 Å². The summed E-state index contributed by atoms with van der Waals surface area (Å²) in [4.78, 5) is 19.8. The Kier molecular flexibility index (Phi) is 4.08. The predicted molar refractivity (Wildman–Crippen MR) is 57.5 cm³/mol. The van der Waals surface area contributed by atoms with Crippen molar-refractivity contribution in [1.82, 2.24) is 0 Å². The van der Waals surface area contributed by atoms with Crippen LogP contribution in [0.15, 0.2) is 24.3 Å². The molecular weight excluding hydrogens is 231 g/mol. The Bertz CT molecular complexity index is 438. The van der Waals surface area contributed by atoms with E-state index in [1.807, 2.05) is 0 Å². The van der Waals surface area contributed by atoms with Crippen LogP contribution < -0.4 is 0 Å². The first kappa shape index (κ1) is 13.0. The quantitative estimate of drug-likeness (QED) is 0.582. The molecule has 1 aromatic carbocycles. The molecule has 2 atom stereocenters. The molecule has 7 heteroatoms. The van der Waals surface area contributed by atoms with Gasteiger partial charge in [0.2, 0.25) is 12.6 Å². The fourth-order valence-corrected chi connectivity index (χ4v) is 1.59.